The first-order valence-electron chi connectivity index (χ1n) is 2.32. The Morgan fingerprint density at radius 3 is 2.40 bits per heavy atom. The average Bonchev–Trinajstić information content (AvgIpc) is 2.17. The van der Waals surface area contributed by atoms with Gasteiger partial charge in [-0.25, -0.2) is 3.96 Å². The minimum absolute atomic E-state index is 0.0271. The summed E-state index contributed by atoms with van der Waals surface area (Å²) in [5, 5.41) is 8.49. The Kier molecular flexibility index (Phi) is 2.36. The van der Waals surface area contributed by atoms with Crippen molar-refractivity contribution in [3.63, 3.8) is 0 Å². The van der Waals surface area contributed by atoms with E-state index in [4.69, 9.17) is 28.3 Å². The van der Waals surface area contributed by atoms with E-state index in [9.17, 15) is 4.79 Å². The highest BCUT2D eigenvalue weighted by atomic mass is 35.5. The number of hydrogen-bond acceptors (Lipinski definition) is 3. The van der Waals surface area contributed by atoms with Crippen molar-refractivity contribution in [1.29, 1.82) is 0 Å². The number of aliphatic hydroxyl groups is 1. The first-order valence-corrected chi connectivity index (χ1v) is 3.85. The van der Waals surface area contributed by atoms with E-state index in [1.165, 1.54) is 0 Å². The largest absolute Gasteiger partial charge is 0.375 e. The lowest BCUT2D eigenvalue weighted by atomic mass is 10.7. The van der Waals surface area contributed by atoms with Gasteiger partial charge in [-0.3, -0.25) is 4.79 Å². The summed E-state index contributed by atoms with van der Waals surface area (Å²) in [6.45, 7) is -0.379. The molecule has 0 fully saturated rings. The van der Waals surface area contributed by atoms with E-state index in [1.807, 2.05) is 0 Å². The molecule has 0 saturated heterocycles. The summed E-state index contributed by atoms with van der Waals surface area (Å²) in [4.78, 5) is 10.8. The fourth-order valence-corrected chi connectivity index (χ4v) is 1.64. The molecule has 0 spiro atoms. The van der Waals surface area contributed by atoms with Gasteiger partial charge in [0.15, 0.2) is 0 Å². The van der Waals surface area contributed by atoms with E-state index < -0.39 is 5.56 Å². The molecule has 0 unspecified atom stereocenters. The lowest BCUT2D eigenvalue weighted by Crippen LogP contribution is -2.12. The highest BCUT2D eigenvalue weighted by molar-refractivity contribution is 7.11. The Morgan fingerprint density at radius 1 is 1.60 bits per heavy atom. The van der Waals surface area contributed by atoms with Gasteiger partial charge in [-0.05, 0) is 11.5 Å². The van der Waals surface area contributed by atoms with Crippen molar-refractivity contribution < 1.29 is 5.11 Å². The van der Waals surface area contributed by atoms with E-state index in [-0.39, 0.29) is 16.1 Å². The van der Waals surface area contributed by atoms with Crippen LogP contribution in [-0.2, 0) is 6.73 Å². The van der Waals surface area contributed by atoms with Crippen molar-refractivity contribution in [2.75, 3.05) is 0 Å². The molecule has 1 rings (SSSR count). The van der Waals surface area contributed by atoms with Gasteiger partial charge in [0.1, 0.15) is 16.1 Å². The third-order valence-electron chi connectivity index (χ3n) is 0.906. The summed E-state index contributed by atoms with van der Waals surface area (Å²) in [6, 6.07) is 0. The molecule has 0 aliphatic carbocycles. The van der Waals surface area contributed by atoms with Crippen LogP contribution in [0.3, 0.4) is 0 Å². The molecular weight excluding hydrogens is 197 g/mol. The number of rotatable bonds is 1. The molecule has 0 aromatic carbocycles. The molecule has 0 atom stereocenters. The third kappa shape index (κ3) is 1.20. The molecule has 1 aromatic rings. The van der Waals surface area contributed by atoms with Gasteiger partial charge in [0.25, 0.3) is 5.56 Å². The van der Waals surface area contributed by atoms with Gasteiger partial charge < -0.3 is 5.11 Å². The van der Waals surface area contributed by atoms with E-state index >= 15 is 0 Å². The minimum atomic E-state index is -0.445. The molecule has 1 N–H and O–H groups in total. The summed E-state index contributed by atoms with van der Waals surface area (Å²) in [5.41, 5.74) is -0.445. The van der Waals surface area contributed by atoms with Crippen molar-refractivity contribution in [2.24, 2.45) is 0 Å². The quantitative estimate of drug-likeness (QED) is 0.739. The van der Waals surface area contributed by atoms with Crippen LogP contribution >= 0.6 is 34.7 Å². The Balaban J connectivity index is 3.31. The molecule has 1 aromatic heterocycles. The van der Waals surface area contributed by atoms with E-state index in [0.717, 1.165) is 15.5 Å². The van der Waals surface area contributed by atoms with Crippen LogP contribution in [0.25, 0.3) is 0 Å². The van der Waals surface area contributed by atoms with E-state index in [0.29, 0.717) is 0 Å². The Bertz CT molecular complexity index is 292. The second-order valence-electron chi connectivity index (χ2n) is 1.50. The highest BCUT2D eigenvalue weighted by Crippen LogP contribution is 2.22. The van der Waals surface area contributed by atoms with Crippen molar-refractivity contribution in [1.82, 2.24) is 3.96 Å². The lowest BCUT2D eigenvalue weighted by molar-refractivity contribution is 0.219. The zero-order valence-corrected chi connectivity index (χ0v) is 7.00. The van der Waals surface area contributed by atoms with Gasteiger partial charge in [0, 0.05) is 0 Å². The number of aliphatic hydroxyl groups excluding tert-OH is 1. The summed E-state index contributed by atoms with van der Waals surface area (Å²) in [5.74, 6) is 0. The normalized spacial score (nSPS) is 10.3. The van der Waals surface area contributed by atoms with Gasteiger partial charge in [-0.1, -0.05) is 23.2 Å². The van der Waals surface area contributed by atoms with Gasteiger partial charge in [-0.2, -0.15) is 0 Å². The fourth-order valence-electron chi connectivity index (χ4n) is 0.465. The Morgan fingerprint density at radius 2 is 2.20 bits per heavy atom. The highest BCUT2D eigenvalue weighted by Gasteiger charge is 2.08. The second-order valence-corrected chi connectivity index (χ2v) is 3.52. The zero-order chi connectivity index (χ0) is 7.72. The van der Waals surface area contributed by atoms with Crippen molar-refractivity contribution in [2.45, 2.75) is 6.73 Å². The molecule has 0 aliphatic rings. The Hall–Kier alpha value is -0.0300. The topological polar surface area (TPSA) is 42.2 Å². The predicted molar refractivity (Wildman–Crippen MR) is 40.8 cm³/mol. The summed E-state index contributed by atoms with van der Waals surface area (Å²) >= 11 is 11.8. The predicted octanol–water partition coefficient (Wildman–Crippen LogP) is 1.17. The standard InChI is InChI=1S/C4H3Cl2NO2S/c5-2-3(6)10-7(1-8)4(2)9/h8H,1H2. The van der Waals surface area contributed by atoms with Gasteiger partial charge in [0.2, 0.25) is 0 Å². The van der Waals surface area contributed by atoms with Crippen LogP contribution in [0.2, 0.25) is 9.36 Å². The zero-order valence-electron chi connectivity index (χ0n) is 4.67. The van der Waals surface area contributed by atoms with Crippen molar-refractivity contribution in [3.8, 4) is 0 Å². The van der Waals surface area contributed by atoms with E-state index in [2.05, 4.69) is 0 Å². The third-order valence-corrected chi connectivity index (χ3v) is 2.73. The monoisotopic (exact) mass is 199 g/mol. The Labute approximate surface area is 70.6 Å². The van der Waals surface area contributed by atoms with Crippen LogP contribution in [0.1, 0.15) is 0 Å². The number of nitrogens with zero attached hydrogens (tertiary/aromatic N) is 1. The minimum Gasteiger partial charge on any atom is -0.375 e. The van der Waals surface area contributed by atoms with Crippen LogP contribution < -0.4 is 5.56 Å². The first-order chi connectivity index (χ1) is 4.66. The maximum absolute atomic E-state index is 10.8. The van der Waals surface area contributed by atoms with E-state index in [1.54, 1.807) is 0 Å². The van der Waals surface area contributed by atoms with Crippen LogP contribution in [0, 0.1) is 0 Å². The molecule has 0 saturated carbocycles. The summed E-state index contributed by atoms with van der Waals surface area (Å²) in [6.07, 6.45) is 0. The molecule has 0 amide bonds. The van der Waals surface area contributed by atoms with Gasteiger partial charge in [-0.15, -0.1) is 0 Å². The van der Waals surface area contributed by atoms with Crippen molar-refractivity contribution >= 4 is 34.7 Å². The lowest BCUT2D eigenvalue weighted by Gasteiger charge is -1.86. The summed E-state index contributed by atoms with van der Waals surface area (Å²) < 4.78 is 1.27. The molecule has 0 aliphatic heterocycles. The van der Waals surface area contributed by atoms with Crippen LogP contribution in [0.15, 0.2) is 4.79 Å². The van der Waals surface area contributed by atoms with Crippen LogP contribution in [0.5, 0.6) is 0 Å². The SMILES string of the molecule is O=c1c(Cl)c(Cl)sn1CO. The molecule has 0 radical (unpaired) electrons. The molecule has 1 heterocycles. The maximum atomic E-state index is 10.8. The molecular formula is C4H3Cl2NO2S. The molecule has 0 bridgehead atoms. The number of halogens is 2. The van der Waals surface area contributed by atoms with Crippen LogP contribution in [-0.4, -0.2) is 9.06 Å². The van der Waals surface area contributed by atoms with Gasteiger partial charge >= 0.3 is 0 Å². The first kappa shape index (κ1) is 8.07. The number of hydrogen-bond donors (Lipinski definition) is 1. The molecule has 10 heavy (non-hydrogen) atoms. The average molecular weight is 200 g/mol. The van der Waals surface area contributed by atoms with Gasteiger partial charge in [0.05, 0.1) is 0 Å². The molecule has 6 heteroatoms. The van der Waals surface area contributed by atoms with Crippen LogP contribution in [0.4, 0.5) is 0 Å². The molecule has 56 valence electrons. The molecule has 3 nitrogen and oxygen atoms in total. The van der Waals surface area contributed by atoms with Crippen molar-refractivity contribution in [3.05, 3.63) is 19.7 Å². The fraction of sp³-hybridized carbons (Fsp3) is 0.250. The maximum Gasteiger partial charge on any atom is 0.283 e. The number of aromatic nitrogens is 1. The summed E-state index contributed by atoms with van der Waals surface area (Å²) in [7, 11) is 0. The second kappa shape index (κ2) is 2.92. The smallest absolute Gasteiger partial charge is 0.283 e.